The van der Waals surface area contributed by atoms with E-state index in [1.807, 2.05) is 6.92 Å². The first kappa shape index (κ1) is 12.1. The maximum atomic E-state index is 13.5. The molecular weight excluding hydrogens is 235 g/mol. The van der Waals surface area contributed by atoms with Crippen LogP contribution in [-0.2, 0) is 0 Å². The molecule has 0 unspecified atom stereocenters. The van der Waals surface area contributed by atoms with Gasteiger partial charge in [0.15, 0.2) is 11.6 Å². The van der Waals surface area contributed by atoms with Gasteiger partial charge in [0.1, 0.15) is 5.75 Å². The lowest BCUT2D eigenvalue weighted by molar-refractivity contribution is 0.0696. The number of aromatic carboxylic acids is 1. The fourth-order valence-corrected chi connectivity index (χ4v) is 1.51. The lowest BCUT2D eigenvalue weighted by Crippen LogP contribution is -1.96. The number of benzene rings is 2. The number of rotatable bonds is 3. The number of hydrogen-bond acceptors (Lipinski definition) is 2. The Morgan fingerprint density at radius 2 is 2.00 bits per heavy atom. The zero-order valence-electron chi connectivity index (χ0n) is 9.68. The number of carboxylic acid groups (broad SMARTS) is 1. The van der Waals surface area contributed by atoms with Gasteiger partial charge in [0.25, 0.3) is 0 Å². The Kier molecular flexibility index (Phi) is 3.28. The van der Waals surface area contributed by atoms with Crippen molar-refractivity contribution in [1.29, 1.82) is 0 Å². The van der Waals surface area contributed by atoms with Gasteiger partial charge in [-0.25, -0.2) is 9.18 Å². The van der Waals surface area contributed by atoms with E-state index in [0.29, 0.717) is 5.75 Å². The van der Waals surface area contributed by atoms with Gasteiger partial charge in [0.05, 0.1) is 5.56 Å². The van der Waals surface area contributed by atoms with Crippen molar-refractivity contribution in [3.8, 4) is 11.5 Å². The van der Waals surface area contributed by atoms with Crippen molar-refractivity contribution < 1.29 is 19.0 Å². The molecule has 0 atom stereocenters. The first-order valence-electron chi connectivity index (χ1n) is 5.33. The topological polar surface area (TPSA) is 46.5 Å². The van der Waals surface area contributed by atoms with Crippen LogP contribution in [0, 0.1) is 12.7 Å². The van der Waals surface area contributed by atoms with Gasteiger partial charge in [-0.3, -0.25) is 0 Å². The molecule has 0 aliphatic carbocycles. The van der Waals surface area contributed by atoms with Gasteiger partial charge in [-0.1, -0.05) is 12.1 Å². The van der Waals surface area contributed by atoms with Crippen molar-refractivity contribution in [1.82, 2.24) is 0 Å². The molecule has 0 fully saturated rings. The summed E-state index contributed by atoms with van der Waals surface area (Å²) < 4.78 is 18.8. The molecule has 0 saturated carbocycles. The van der Waals surface area contributed by atoms with Gasteiger partial charge in [-0.05, 0) is 42.8 Å². The minimum Gasteiger partial charge on any atom is -0.478 e. The van der Waals surface area contributed by atoms with Crippen molar-refractivity contribution in [2.75, 3.05) is 0 Å². The van der Waals surface area contributed by atoms with Crippen molar-refractivity contribution in [2.24, 2.45) is 0 Å². The highest BCUT2D eigenvalue weighted by atomic mass is 19.1. The van der Waals surface area contributed by atoms with Gasteiger partial charge in [0.2, 0.25) is 0 Å². The average molecular weight is 246 g/mol. The Balaban J connectivity index is 2.31. The predicted octanol–water partition coefficient (Wildman–Crippen LogP) is 3.62. The smallest absolute Gasteiger partial charge is 0.335 e. The maximum absolute atomic E-state index is 13.5. The summed E-state index contributed by atoms with van der Waals surface area (Å²) in [7, 11) is 0. The van der Waals surface area contributed by atoms with Crippen molar-refractivity contribution in [3.05, 3.63) is 59.4 Å². The number of carboxylic acids is 1. The Labute approximate surface area is 103 Å². The number of carbonyl (C=O) groups is 1. The summed E-state index contributed by atoms with van der Waals surface area (Å²) in [6, 6.07) is 10.4. The molecule has 0 radical (unpaired) electrons. The van der Waals surface area contributed by atoms with E-state index in [0.717, 1.165) is 5.56 Å². The van der Waals surface area contributed by atoms with Crippen LogP contribution < -0.4 is 4.74 Å². The summed E-state index contributed by atoms with van der Waals surface area (Å²) in [6.07, 6.45) is 0. The molecule has 0 aromatic heterocycles. The second kappa shape index (κ2) is 4.87. The second-order valence-corrected chi connectivity index (χ2v) is 3.87. The standard InChI is InChI=1S/C14H11FO3/c1-9-5-6-12(15)13(7-9)18-11-4-2-3-10(8-11)14(16)17/h2-8H,1H3,(H,16,17). The molecule has 92 valence electrons. The summed E-state index contributed by atoms with van der Waals surface area (Å²) in [4.78, 5) is 10.8. The zero-order valence-corrected chi connectivity index (χ0v) is 9.68. The SMILES string of the molecule is Cc1ccc(F)c(Oc2cccc(C(=O)O)c2)c1. The molecule has 18 heavy (non-hydrogen) atoms. The highest BCUT2D eigenvalue weighted by Gasteiger charge is 2.07. The predicted molar refractivity (Wildman–Crippen MR) is 64.6 cm³/mol. The maximum Gasteiger partial charge on any atom is 0.335 e. The van der Waals surface area contributed by atoms with E-state index in [-0.39, 0.29) is 11.3 Å². The van der Waals surface area contributed by atoms with Crippen LogP contribution in [0.4, 0.5) is 4.39 Å². The zero-order chi connectivity index (χ0) is 13.1. The summed E-state index contributed by atoms with van der Waals surface area (Å²) in [6.45, 7) is 1.82. The van der Waals surface area contributed by atoms with Gasteiger partial charge >= 0.3 is 5.97 Å². The Bertz CT molecular complexity index is 593. The van der Waals surface area contributed by atoms with Crippen LogP contribution in [0.2, 0.25) is 0 Å². The molecule has 0 saturated heterocycles. The minimum absolute atomic E-state index is 0.0811. The fraction of sp³-hybridized carbons (Fsp3) is 0.0714. The largest absolute Gasteiger partial charge is 0.478 e. The first-order valence-corrected chi connectivity index (χ1v) is 5.33. The van der Waals surface area contributed by atoms with Crippen LogP contribution in [0.5, 0.6) is 11.5 Å². The average Bonchev–Trinajstić information content (AvgIpc) is 2.34. The van der Waals surface area contributed by atoms with Crippen molar-refractivity contribution >= 4 is 5.97 Å². The van der Waals surface area contributed by atoms with Gasteiger partial charge in [-0.15, -0.1) is 0 Å². The number of hydrogen-bond donors (Lipinski definition) is 1. The minimum atomic E-state index is -1.05. The van der Waals surface area contributed by atoms with E-state index in [1.54, 1.807) is 24.3 Å². The number of halogens is 1. The van der Waals surface area contributed by atoms with Crippen LogP contribution in [0.1, 0.15) is 15.9 Å². The number of aryl methyl sites for hydroxylation is 1. The Morgan fingerprint density at radius 3 is 2.72 bits per heavy atom. The summed E-state index contributed by atoms with van der Waals surface area (Å²) in [5.74, 6) is -1.16. The molecule has 2 rings (SSSR count). The molecule has 0 bridgehead atoms. The molecule has 0 heterocycles. The van der Waals surface area contributed by atoms with E-state index < -0.39 is 11.8 Å². The van der Waals surface area contributed by atoms with E-state index in [2.05, 4.69) is 0 Å². The normalized spacial score (nSPS) is 10.1. The molecule has 0 aliphatic heterocycles. The van der Waals surface area contributed by atoms with E-state index in [1.165, 1.54) is 18.2 Å². The van der Waals surface area contributed by atoms with E-state index in [4.69, 9.17) is 9.84 Å². The van der Waals surface area contributed by atoms with Crippen molar-refractivity contribution in [3.63, 3.8) is 0 Å². The molecule has 2 aromatic carbocycles. The van der Waals surface area contributed by atoms with Gasteiger partial charge in [-0.2, -0.15) is 0 Å². The molecule has 2 aromatic rings. The summed E-state index contributed by atoms with van der Waals surface area (Å²) in [5.41, 5.74) is 0.960. The van der Waals surface area contributed by atoms with E-state index in [9.17, 15) is 9.18 Å². The van der Waals surface area contributed by atoms with Crippen LogP contribution in [0.15, 0.2) is 42.5 Å². The number of ether oxygens (including phenoxy) is 1. The molecule has 4 heteroatoms. The lowest BCUT2D eigenvalue weighted by Gasteiger charge is -2.08. The quantitative estimate of drug-likeness (QED) is 0.899. The third-order valence-corrected chi connectivity index (χ3v) is 2.40. The van der Waals surface area contributed by atoms with Crippen molar-refractivity contribution in [2.45, 2.75) is 6.92 Å². The van der Waals surface area contributed by atoms with Crippen LogP contribution >= 0.6 is 0 Å². The second-order valence-electron chi connectivity index (χ2n) is 3.87. The third kappa shape index (κ3) is 2.66. The summed E-state index contributed by atoms with van der Waals surface area (Å²) >= 11 is 0. The highest BCUT2D eigenvalue weighted by molar-refractivity contribution is 5.88. The van der Waals surface area contributed by atoms with E-state index >= 15 is 0 Å². The lowest BCUT2D eigenvalue weighted by atomic mass is 10.2. The molecule has 3 nitrogen and oxygen atoms in total. The molecule has 1 N–H and O–H groups in total. The Hall–Kier alpha value is -2.36. The molecular formula is C14H11FO3. The molecule has 0 amide bonds. The fourth-order valence-electron chi connectivity index (χ4n) is 1.51. The van der Waals surface area contributed by atoms with Crippen LogP contribution in [-0.4, -0.2) is 11.1 Å². The molecule has 0 spiro atoms. The Morgan fingerprint density at radius 1 is 1.22 bits per heavy atom. The monoisotopic (exact) mass is 246 g/mol. The third-order valence-electron chi connectivity index (χ3n) is 2.40. The van der Waals surface area contributed by atoms with Crippen LogP contribution in [0.3, 0.4) is 0 Å². The highest BCUT2D eigenvalue weighted by Crippen LogP contribution is 2.25. The van der Waals surface area contributed by atoms with Crippen LogP contribution in [0.25, 0.3) is 0 Å². The first-order chi connectivity index (χ1) is 8.56. The molecule has 0 aliphatic rings. The summed E-state index contributed by atoms with van der Waals surface area (Å²) in [5, 5.41) is 8.84. The van der Waals surface area contributed by atoms with Gasteiger partial charge < -0.3 is 9.84 Å². The van der Waals surface area contributed by atoms with Gasteiger partial charge in [0, 0.05) is 0 Å².